The summed E-state index contributed by atoms with van der Waals surface area (Å²) in [6, 6.07) is 0. The van der Waals surface area contributed by atoms with Gasteiger partial charge in [0.2, 0.25) is 0 Å². The van der Waals surface area contributed by atoms with Crippen LogP contribution in [0, 0.1) is 0 Å². The summed E-state index contributed by atoms with van der Waals surface area (Å²) in [4.78, 5) is 5.55. The number of nitrogens with zero attached hydrogens (tertiary/aromatic N) is 2. The second kappa shape index (κ2) is 5.43. The van der Waals surface area contributed by atoms with Crippen LogP contribution in [0.2, 0.25) is 10.2 Å². The lowest BCUT2D eigenvalue weighted by Crippen LogP contribution is -2.28. The minimum absolute atomic E-state index is 0.366. The molecule has 1 aliphatic rings. The molecule has 0 bridgehead atoms. The molecule has 0 amide bonds. The molecule has 3 heterocycles. The van der Waals surface area contributed by atoms with Crippen LogP contribution in [-0.2, 0) is 0 Å². The van der Waals surface area contributed by atoms with Crippen molar-refractivity contribution in [2.24, 2.45) is 0 Å². The smallest absolute Gasteiger partial charge is 0.162 e. The Morgan fingerprint density at radius 3 is 2.94 bits per heavy atom. The highest BCUT2D eigenvalue weighted by molar-refractivity contribution is 7.12. The molecule has 0 aliphatic carbocycles. The van der Waals surface area contributed by atoms with Crippen molar-refractivity contribution in [2.45, 2.75) is 18.8 Å². The van der Waals surface area contributed by atoms with E-state index in [1.807, 2.05) is 5.38 Å². The Kier molecular flexibility index (Phi) is 3.86. The fourth-order valence-electron chi connectivity index (χ4n) is 2.06. The Morgan fingerprint density at radius 2 is 2.28 bits per heavy atom. The van der Waals surface area contributed by atoms with Gasteiger partial charge >= 0.3 is 0 Å². The average molecular weight is 320 g/mol. The quantitative estimate of drug-likeness (QED) is 0.907. The van der Waals surface area contributed by atoms with Gasteiger partial charge in [0.1, 0.15) is 0 Å². The maximum atomic E-state index is 6.11. The molecule has 1 unspecified atom stereocenters. The minimum atomic E-state index is 0.366. The first-order valence-corrected chi connectivity index (χ1v) is 8.14. The topological polar surface area (TPSA) is 37.8 Å². The first-order chi connectivity index (χ1) is 8.75. The van der Waals surface area contributed by atoms with Gasteiger partial charge in [-0.3, -0.25) is 0 Å². The number of rotatable bonds is 2. The molecule has 2 aromatic rings. The van der Waals surface area contributed by atoms with Gasteiger partial charge in [-0.05, 0) is 30.9 Å². The van der Waals surface area contributed by atoms with E-state index in [0.717, 1.165) is 23.7 Å². The standard InChI is InChI=1S/C11H11Cl2N3S2/c12-8-9(18-16-10(8)13)7-5-17-11(15-7)6-2-1-3-14-4-6/h5-6,14H,1-4H2. The van der Waals surface area contributed by atoms with E-state index in [1.165, 1.54) is 29.4 Å². The van der Waals surface area contributed by atoms with Crippen LogP contribution >= 0.6 is 46.1 Å². The lowest BCUT2D eigenvalue weighted by molar-refractivity contribution is 0.460. The lowest BCUT2D eigenvalue weighted by Gasteiger charge is -2.20. The first kappa shape index (κ1) is 12.8. The van der Waals surface area contributed by atoms with Crippen molar-refractivity contribution in [3.05, 3.63) is 20.6 Å². The molecule has 3 rings (SSSR count). The fraction of sp³-hybridized carbons (Fsp3) is 0.455. The first-order valence-electron chi connectivity index (χ1n) is 5.73. The van der Waals surface area contributed by atoms with Gasteiger partial charge in [-0.25, -0.2) is 4.98 Å². The zero-order chi connectivity index (χ0) is 12.5. The Balaban J connectivity index is 1.87. The van der Waals surface area contributed by atoms with E-state index in [1.54, 1.807) is 11.3 Å². The molecule has 1 aliphatic heterocycles. The second-order valence-electron chi connectivity index (χ2n) is 4.23. The minimum Gasteiger partial charge on any atom is -0.316 e. The number of thiazole rings is 1. The normalized spacial score (nSPS) is 20.2. The van der Waals surface area contributed by atoms with E-state index in [-0.39, 0.29) is 0 Å². The summed E-state index contributed by atoms with van der Waals surface area (Å²) in [5.74, 6) is 0.527. The molecule has 7 heteroatoms. The summed E-state index contributed by atoms with van der Waals surface area (Å²) in [6.45, 7) is 2.13. The number of piperidine rings is 1. The Morgan fingerprint density at radius 1 is 1.39 bits per heavy atom. The lowest BCUT2D eigenvalue weighted by atomic mass is 10.0. The largest absolute Gasteiger partial charge is 0.316 e. The van der Waals surface area contributed by atoms with E-state index >= 15 is 0 Å². The van der Waals surface area contributed by atoms with Gasteiger partial charge in [-0.2, -0.15) is 4.37 Å². The monoisotopic (exact) mass is 319 g/mol. The summed E-state index contributed by atoms with van der Waals surface area (Å²) in [5, 5.41) is 7.51. The highest BCUT2D eigenvalue weighted by Crippen LogP contribution is 2.38. The second-order valence-corrected chi connectivity index (χ2v) is 6.63. The summed E-state index contributed by atoms with van der Waals surface area (Å²) in [7, 11) is 0. The molecule has 0 spiro atoms. The van der Waals surface area contributed by atoms with Gasteiger partial charge in [0.25, 0.3) is 0 Å². The van der Waals surface area contributed by atoms with Crippen molar-refractivity contribution in [1.29, 1.82) is 0 Å². The third-order valence-electron chi connectivity index (χ3n) is 3.00. The predicted octanol–water partition coefficient (Wildman–Crippen LogP) is 4.04. The third-order valence-corrected chi connectivity index (χ3v) is 5.83. The third kappa shape index (κ3) is 2.42. The number of hydrogen-bond donors (Lipinski definition) is 1. The van der Waals surface area contributed by atoms with E-state index in [9.17, 15) is 0 Å². The van der Waals surface area contributed by atoms with Crippen LogP contribution in [0.3, 0.4) is 0 Å². The molecule has 18 heavy (non-hydrogen) atoms. The molecule has 1 atom stereocenters. The Hall–Kier alpha value is -0.200. The zero-order valence-electron chi connectivity index (χ0n) is 9.45. The van der Waals surface area contributed by atoms with E-state index < -0.39 is 0 Å². The fourth-order valence-corrected chi connectivity index (χ4v) is 4.27. The van der Waals surface area contributed by atoms with Crippen molar-refractivity contribution < 1.29 is 0 Å². The van der Waals surface area contributed by atoms with Crippen molar-refractivity contribution in [3.63, 3.8) is 0 Å². The predicted molar refractivity (Wildman–Crippen MR) is 78.1 cm³/mol. The molecule has 2 aromatic heterocycles. The van der Waals surface area contributed by atoms with Crippen LogP contribution in [-0.4, -0.2) is 22.4 Å². The summed E-state index contributed by atoms with van der Waals surface area (Å²) in [5.41, 5.74) is 0.898. The van der Waals surface area contributed by atoms with E-state index in [4.69, 9.17) is 23.2 Å². The molecule has 1 saturated heterocycles. The molecule has 1 N–H and O–H groups in total. The zero-order valence-corrected chi connectivity index (χ0v) is 12.6. The van der Waals surface area contributed by atoms with Gasteiger partial charge in [0.05, 0.1) is 20.6 Å². The van der Waals surface area contributed by atoms with E-state index in [2.05, 4.69) is 14.7 Å². The molecule has 1 fully saturated rings. The summed E-state index contributed by atoms with van der Waals surface area (Å²) < 4.78 is 4.04. The molecular formula is C11H11Cl2N3S2. The van der Waals surface area contributed by atoms with Gasteiger partial charge < -0.3 is 5.32 Å². The van der Waals surface area contributed by atoms with Crippen LogP contribution in [0.4, 0.5) is 0 Å². The maximum absolute atomic E-state index is 6.11. The molecule has 0 radical (unpaired) electrons. The van der Waals surface area contributed by atoms with Gasteiger partial charge in [-0.1, -0.05) is 23.2 Å². The highest BCUT2D eigenvalue weighted by atomic mass is 35.5. The average Bonchev–Trinajstić information content (AvgIpc) is 3.00. The van der Waals surface area contributed by atoms with Crippen LogP contribution in [0.1, 0.15) is 23.8 Å². The molecule has 3 nitrogen and oxygen atoms in total. The molecular weight excluding hydrogens is 309 g/mol. The van der Waals surface area contributed by atoms with Crippen LogP contribution in [0.15, 0.2) is 5.38 Å². The number of nitrogens with one attached hydrogen (secondary N) is 1. The van der Waals surface area contributed by atoms with E-state index in [0.29, 0.717) is 16.1 Å². The summed E-state index contributed by atoms with van der Waals surface area (Å²) in [6.07, 6.45) is 2.42. The van der Waals surface area contributed by atoms with Crippen LogP contribution in [0.25, 0.3) is 10.6 Å². The molecule has 96 valence electrons. The van der Waals surface area contributed by atoms with Crippen molar-refractivity contribution in [1.82, 2.24) is 14.7 Å². The van der Waals surface area contributed by atoms with Crippen molar-refractivity contribution >= 4 is 46.1 Å². The van der Waals surface area contributed by atoms with Gasteiger partial charge in [0.15, 0.2) is 5.15 Å². The van der Waals surface area contributed by atoms with Crippen LogP contribution in [0.5, 0.6) is 0 Å². The Bertz CT molecular complexity index is 546. The number of halogens is 2. The highest BCUT2D eigenvalue weighted by Gasteiger charge is 2.20. The van der Waals surface area contributed by atoms with Gasteiger partial charge in [0, 0.05) is 17.8 Å². The van der Waals surface area contributed by atoms with Crippen molar-refractivity contribution in [2.75, 3.05) is 13.1 Å². The van der Waals surface area contributed by atoms with Gasteiger partial charge in [-0.15, -0.1) is 11.3 Å². The maximum Gasteiger partial charge on any atom is 0.162 e. The Labute approximate surface area is 123 Å². The molecule has 0 saturated carbocycles. The van der Waals surface area contributed by atoms with Crippen LogP contribution < -0.4 is 5.32 Å². The SMILES string of the molecule is Clc1nsc(-c2csc(C3CCCNC3)n2)c1Cl. The number of aromatic nitrogens is 2. The summed E-state index contributed by atoms with van der Waals surface area (Å²) >= 11 is 15.0. The van der Waals surface area contributed by atoms with Crippen molar-refractivity contribution in [3.8, 4) is 10.6 Å². The number of hydrogen-bond acceptors (Lipinski definition) is 5. The molecule has 0 aromatic carbocycles.